The Morgan fingerprint density at radius 2 is 0.836 bits per heavy atom. The first-order valence-electron chi connectivity index (χ1n) is 19.1. The Morgan fingerprint density at radius 3 is 1.60 bits per heavy atom. The summed E-state index contributed by atoms with van der Waals surface area (Å²) in [5.41, 5.74) is 14.3. The average molecular weight is 705 g/mol. The summed E-state index contributed by atoms with van der Waals surface area (Å²) in [6, 6.07) is 75.3. The predicted molar refractivity (Wildman–Crippen MR) is 234 cm³/mol. The highest BCUT2D eigenvalue weighted by atomic mass is 15.2. The topological polar surface area (TPSA) is 6.48 Å². The molecule has 0 amide bonds. The zero-order chi connectivity index (χ0) is 36.9. The van der Waals surface area contributed by atoms with Crippen molar-refractivity contribution < 1.29 is 0 Å². The van der Waals surface area contributed by atoms with E-state index in [1.54, 1.807) is 0 Å². The van der Waals surface area contributed by atoms with Crippen molar-refractivity contribution in [1.82, 2.24) is 0 Å². The maximum Gasteiger partial charge on any atom is 0.0546 e. The highest BCUT2D eigenvalue weighted by Gasteiger charge is 2.35. The van der Waals surface area contributed by atoms with Gasteiger partial charge in [0.15, 0.2) is 0 Å². The maximum absolute atomic E-state index is 2.44. The number of benzene rings is 9. The van der Waals surface area contributed by atoms with Crippen LogP contribution in [0.25, 0.3) is 43.8 Å². The predicted octanol–water partition coefficient (Wildman–Crippen LogP) is 14.9. The quantitative estimate of drug-likeness (QED) is 0.163. The molecule has 9 aromatic carbocycles. The van der Waals surface area contributed by atoms with Gasteiger partial charge in [-0.2, -0.15) is 0 Å². The van der Waals surface area contributed by atoms with E-state index in [2.05, 4.69) is 230 Å². The zero-order valence-electron chi connectivity index (χ0n) is 31.0. The van der Waals surface area contributed by atoms with Crippen molar-refractivity contribution in [2.45, 2.75) is 19.3 Å². The molecule has 1 aliphatic rings. The van der Waals surface area contributed by atoms with Crippen LogP contribution in [-0.4, -0.2) is 0 Å². The Hall–Kier alpha value is -6.90. The summed E-state index contributed by atoms with van der Waals surface area (Å²) in [6.07, 6.45) is 0. The van der Waals surface area contributed by atoms with E-state index in [-0.39, 0.29) is 5.41 Å². The molecular formula is C53H40N2. The molecule has 0 bridgehead atoms. The van der Waals surface area contributed by atoms with Crippen LogP contribution in [0, 0.1) is 0 Å². The number of anilines is 6. The van der Waals surface area contributed by atoms with Crippen molar-refractivity contribution in [3.8, 4) is 22.3 Å². The number of nitrogens with zero attached hydrogens (tertiary/aromatic N) is 2. The number of rotatable bonds is 7. The highest BCUT2D eigenvalue weighted by Crippen LogP contribution is 2.51. The second kappa shape index (κ2) is 13.2. The van der Waals surface area contributed by atoms with Gasteiger partial charge in [-0.1, -0.05) is 153 Å². The van der Waals surface area contributed by atoms with E-state index in [0.717, 1.165) is 34.1 Å². The van der Waals surface area contributed by atoms with Crippen LogP contribution < -0.4 is 9.80 Å². The van der Waals surface area contributed by atoms with Crippen molar-refractivity contribution in [2.75, 3.05) is 9.80 Å². The maximum atomic E-state index is 2.44. The van der Waals surface area contributed by atoms with Crippen LogP contribution in [0.15, 0.2) is 206 Å². The first-order valence-corrected chi connectivity index (χ1v) is 19.1. The summed E-state index contributed by atoms with van der Waals surface area (Å²) in [5.74, 6) is 0. The van der Waals surface area contributed by atoms with Crippen molar-refractivity contribution in [3.63, 3.8) is 0 Å². The van der Waals surface area contributed by atoms with Gasteiger partial charge in [-0.15, -0.1) is 0 Å². The number of fused-ring (bicyclic) bond motifs is 5. The molecule has 0 saturated carbocycles. The Bertz CT molecular complexity index is 2850. The summed E-state index contributed by atoms with van der Waals surface area (Å²) in [5, 5.41) is 4.84. The van der Waals surface area contributed by atoms with Gasteiger partial charge in [0.05, 0.1) is 5.69 Å². The molecule has 0 saturated heterocycles. The smallest absolute Gasteiger partial charge is 0.0546 e. The lowest BCUT2D eigenvalue weighted by atomic mass is 9.82. The van der Waals surface area contributed by atoms with Crippen LogP contribution >= 0.6 is 0 Å². The van der Waals surface area contributed by atoms with Crippen LogP contribution in [-0.2, 0) is 5.41 Å². The number of para-hydroxylation sites is 1. The molecule has 262 valence electrons. The van der Waals surface area contributed by atoms with Crippen molar-refractivity contribution in [2.24, 2.45) is 0 Å². The molecule has 2 nitrogen and oxygen atoms in total. The van der Waals surface area contributed by atoms with Gasteiger partial charge in [-0.3, -0.25) is 0 Å². The van der Waals surface area contributed by atoms with Gasteiger partial charge in [0.1, 0.15) is 0 Å². The fourth-order valence-electron chi connectivity index (χ4n) is 8.63. The van der Waals surface area contributed by atoms with Gasteiger partial charge in [-0.05, 0) is 116 Å². The summed E-state index contributed by atoms with van der Waals surface area (Å²) in [7, 11) is 0. The molecule has 0 N–H and O–H groups in total. The van der Waals surface area contributed by atoms with Crippen molar-refractivity contribution in [3.05, 3.63) is 217 Å². The normalized spacial score (nSPS) is 12.7. The Balaban J connectivity index is 1.19. The molecule has 0 radical (unpaired) electrons. The lowest BCUT2D eigenvalue weighted by molar-refractivity contribution is 0.660. The summed E-state index contributed by atoms with van der Waals surface area (Å²) in [4.78, 5) is 4.84. The Kier molecular flexibility index (Phi) is 7.85. The lowest BCUT2D eigenvalue weighted by Crippen LogP contribution is -2.17. The van der Waals surface area contributed by atoms with E-state index in [1.165, 1.54) is 54.9 Å². The van der Waals surface area contributed by atoms with Crippen molar-refractivity contribution >= 4 is 55.7 Å². The highest BCUT2D eigenvalue weighted by molar-refractivity contribution is 6.00. The van der Waals surface area contributed by atoms with Gasteiger partial charge in [-0.25, -0.2) is 0 Å². The van der Waals surface area contributed by atoms with E-state index >= 15 is 0 Å². The SMILES string of the molecule is CC1(C)c2ccccc2-c2ccc(N(c3ccccc3)c3cccc(N(c4ccc5ccccc5c4)c4cc5ccccc5cc4-c4ccccc4)c3)cc21. The third-order valence-corrected chi connectivity index (χ3v) is 11.4. The fourth-order valence-corrected chi connectivity index (χ4v) is 8.63. The van der Waals surface area contributed by atoms with Gasteiger partial charge in [0, 0.05) is 39.4 Å². The molecule has 0 aliphatic heterocycles. The average Bonchev–Trinajstić information content (AvgIpc) is 3.47. The third kappa shape index (κ3) is 5.66. The first-order chi connectivity index (χ1) is 27.0. The van der Waals surface area contributed by atoms with Gasteiger partial charge in [0.2, 0.25) is 0 Å². The Morgan fingerprint density at radius 1 is 0.309 bits per heavy atom. The molecule has 0 unspecified atom stereocenters. The molecule has 0 atom stereocenters. The molecule has 0 fully saturated rings. The number of hydrogen-bond donors (Lipinski definition) is 0. The molecule has 10 rings (SSSR count). The van der Waals surface area contributed by atoms with Gasteiger partial charge >= 0.3 is 0 Å². The van der Waals surface area contributed by atoms with Crippen LogP contribution in [0.2, 0.25) is 0 Å². The van der Waals surface area contributed by atoms with Crippen LogP contribution in [0.1, 0.15) is 25.0 Å². The third-order valence-electron chi connectivity index (χ3n) is 11.4. The van der Waals surface area contributed by atoms with Crippen LogP contribution in [0.5, 0.6) is 0 Å². The van der Waals surface area contributed by atoms with E-state index in [1.807, 2.05) is 0 Å². The molecule has 55 heavy (non-hydrogen) atoms. The second-order valence-electron chi connectivity index (χ2n) is 15.0. The standard InChI is InChI=1S/C53H40N2/c1-53(2)50-27-14-13-26-47(50)48-31-30-46(36-51(48)53)54(42-22-7-4-8-23-42)43-24-15-25-44(35-43)55(45-29-28-37-16-9-10-19-39(37)32-45)52-34-41-21-12-11-20-40(41)33-49(52)38-17-5-3-6-18-38/h3-36H,1-2H3. The molecule has 0 spiro atoms. The minimum atomic E-state index is -0.108. The molecule has 2 heteroatoms. The van der Waals surface area contributed by atoms with Gasteiger partial charge in [0.25, 0.3) is 0 Å². The van der Waals surface area contributed by atoms with Crippen LogP contribution in [0.4, 0.5) is 34.1 Å². The van der Waals surface area contributed by atoms with E-state index in [9.17, 15) is 0 Å². The van der Waals surface area contributed by atoms with E-state index < -0.39 is 0 Å². The summed E-state index contributed by atoms with van der Waals surface area (Å²) >= 11 is 0. The van der Waals surface area contributed by atoms with Crippen LogP contribution in [0.3, 0.4) is 0 Å². The molecular weight excluding hydrogens is 665 g/mol. The van der Waals surface area contributed by atoms with E-state index in [0.29, 0.717) is 0 Å². The number of hydrogen-bond acceptors (Lipinski definition) is 2. The minimum Gasteiger partial charge on any atom is -0.310 e. The Labute approximate surface area is 323 Å². The zero-order valence-corrected chi connectivity index (χ0v) is 31.0. The second-order valence-corrected chi connectivity index (χ2v) is 15.0. The lowest BCUT2D eigenvalue weighted by Gasteiger charge is -2.31. The molecule has 1 aliphatic carbocycles. The molecule has 0 aromatic heterocycles. The van der Waals surface area contributed by atoms with Crippen molar-refractivity contribution in [1.29, 1.82) is 0 Å². The summed E-state index contributed by atoms with van der Waals surface area (Å²) < 4.78 is 0. The molecule has 0 heterocycles. The minimum absolute atomic E-state index is 0.108. The van der Waals surface area contributed by atoms with E-state index in [4.69, 9.17) is 0 Å². The fraction of sp³-hybridized carbons (Fsp3) is 0.0566. The summed E-state index contributed by atoms with van der Waals surface area (Å²) in [6.45, 7) is 4.70. The first kappa shape index (κ1) is 32.7. The monoisotopic (exact) mass is 704 g/mol. The van der Waals surface area contributed by atoms with Gasteiger partial charge < -0.3 is 9.80 Å². The largest absolute Gasteiger partial charge is 0.310 e. The molecule has 9 aromatic rings.